The van der Waals surface area contributed by atoms with Gasteiger partial charge in [0.25, 0.3) is 0 Å². The van der Waals surface area contributed by atoms with E-state index in [1.54, 1.807) is 0 Å². The first kappa shape index (κ1) is 10.0. The second kappa shape index (κ2) is 4.25. The number of azide groups is 1. The van der Waals surface area contributed by atoms with Gasteiger partial charge >= 0.3 is 0 Å². The van der Waals surface area contributed by atoms with Crippen LogP contribution in [0.2, 0.25) is 0 Å². The molecule has 0 saturated heterocycles. The van der Waals surface area contributed by atoms with E-state index in [1.807, 2.05) is 0 Å². The largest absolute Gasteiger partial charge is 0.326 e. The second-order valence-corrected chi connectivity index (χ2v) is 2.54. The van der Waals surface area contributed by atoms with Crippen LogP contribution in [0.25, 0.3) is 10.4 Å². The van der Waals surface area contributed by atoms with Crippen LogP contribution >= 0.6 is 0 Å². The topological polar surface area (TPSA) is 77.9 Å². The van der Waals surface area contributed by atoms with Gasteiger partial charge in [-0.05, 0) is 23.7 Å². The van der Waals surface area contributed by atoms with Crippen LogP contribution in [-0.2, 0) is 4.79 Å². The molecule has 72 valence electrons. The summed E-state index contributed by atoms with van der Waals surface area (Å²) < 4.78 is 12.9. The molecule has 0 unspecified atom stereocenters. The molecule has 14 heavy (non-hydrogen) atoms. The third kappa shape index (κ3) is 2.46. The van der Waals surface area contributed by atoms with Gasteiger partial charge in [0.1, 0.15) is 5.82 Å². The number of hydrogen-bond acceptors (Lipinski definition) is 2. The van der Waals surface area contributed by atoms with Crippen molar-refractivity contribution in [1.82, 2.24) is 0 Å². The first-order valence-electron chi connectivity index (χ1n) is 3.75. The molecule has 1 amide bonds. The quantitative estimate of drug-likeness (QED) is 0.438. The highest BCUT2D eigenvalue weighted by atomic mass is 19.1. The summed E-state index contributed by atoms with van der Waals surface area (Å²) in [5, 5.41) is 5.57. The molecule has 6 heteroatoms. The maximum atomic E-state index is 12.9. The molecule has 0 saturated carbocycles. The normalized spacial score (nSPS) is 9.00. The Bertz CT molecular complexity index is 412. The molecule has 0 heterocycles. The minimum atomic E-state index is -0.628. The molecule has 0 fully saturated rings. The number of rotatable bonds is 2. The van der Waals surface area contributed by atoms with E-state index >= 15 is 0 Å². The summed E-state index contributed by atoms with van der Waals surface area (Å²) in [6.45, 7) is 1.33. The van der Waals surface area contributed by atoms with Gasteiger partial charge in [-0.25, -0.2) is 4.39 Å². The zero-order valence-corrected chi connectivity index (χ0v) is 7.36. The Balaban J connectivity index is 3.05. The van der Waals surface area contributed by atoms with Crippen LogP contribution in [-0.4, -0.2) is 5.91 Å². The van der Waals surface area contributed by atoms with Crippen molar-refractivity contribution in [2.24, 2.45) is 5.11 Å². The number of nitrogens with zero attached hydrogens (tertiary/aromatic N) is 3. The molecule has 0 aromatic heterocycles. The molecule has 0 aliphatic carbocycles. The van der Waals surface area contributed by atoms with Crippen LogP contribution in [0, 0.1) is 5.82 Å². The fourth-order valence-corrected chi connectivity index (χ4v) is 0.919. The average molecular weight is 194 g/mol. The minimum Gasteiger partial charge on any atom is -0.326 e. The van der Waals surface area contributed by atoms with Gasteiger partial charge in [-0.3, -0.25) is 4.79 Å². The van der Waals surface area contributed by atoms with E-state index in [1.165, 1.54) is 19.1 Å². The molecule has 0 aliphatic rings. The highest BCUT2D eigenvalue weighted by Crippen LogP contribution is 2.22. The van der Waals surface area contributed by atoms with Gasteiger partial charge in [0, 0.05) is 17.5 Å². The summed E-state index contributed by atoms with van der Waals surface area (Å²) in [5.74, 6) is -0.902. The zero-order chi connectivity index (χ0) is 10.6. The molecule has 0 spiro atoms. The van der Waals surface area contributed by atoms with E-state index in [4.69, 9.17) is 5.53 Å². The van der Waals surface area contributed by atoms with Crippen molar-refractivity contribution in [2.75, 3.05) is 5.32 Å². The highest BCUT2D eigenvalue weighted by molar-refractivity contribution is 5.89. The summed E-state index contributed by atoms with van der Waals surface area (Å²) >= 11 is 0. The van der Waals surface area contributed by atoms with E-state index in [2.05, 4.69) is 15.3 Å². The Labute approximate surface area is 79.2 Å². The van der Waals surface area contributed by atoms with Crippen molar-refractivity contribution in [2.45, 2.75) is 6.92 Å². The van der Waals surface area contributed by atoms with E-state index in [-0.39, 0.29) is 11.6 Å². The lowest BCUT2D eigenvalue weighted by Gasteiger charge is -2.02. The molecular weight excluding hydrogens is 187 g/mol. The van der Waals surface area contributed by atoms with Crippen molar-refractivity contribution < 1.29 is 9.18 Å². The smallest absolute Gasteiger partial charge is 0.221 e. The molecular formula is C8H7FN4O. The number of benzene rings is 1. The first-order valence-corrected chi connectivity index (χ1v) is 3.75. The number of halogens is 1. The first-order chi connectivity index (χ1) is 6.63. The van der Waals surface area contributed by atoms with E-state index < -0.39 is 5.82 Å². The minimum absolute atomic E-state index is 0.140. The summed E-state index contributed by atoms with van der Waals surface area (Å²) in [6, 6.07) is 3.76. The molecule has 0 atom stereocenters. The fraction of sp³-hybridized carbons (Fsp3) is 0.125. The van der Waals surface area contributed by atoms with Crippen LogP contribution in [0.15, 0.2) is 23.3 Å². The summed E-state index contributed by atoms with van der Waals surface area (Å²) in [7, 11) is 0. The lowest BCUT2D eigenvalue weighted by molar-refractivity contribution is -0.114. The Morgan fingerprint density at radius 1 is 1.64 bits per heavy atom. The van der Waals surface area contributed by atoms with Crippen LogP contribution in [0.1, 0.15) is 6.92 Å². The molecule has 0 bridgehead atoms. The van der Waals surface area contributed by atoms with E-state index in [9.17, 15) is 9.18 Å². The maximum absolute atomic E-state index is 12.9. The SMILES string of the molecule is CC(=O)Nc1ccc(F)c(N=[N+]=[N-])c1. The number of nitrogens with one attached hydrogen (secondary N) is 1. The summed E-state index contributed by atoms with van der Waals surface area (Å²) in [4.78, 5) is 13.1. The third-order valence-corrected chi connectivity index (χ3v) is 1.42. The third-order valence-electron chi connectivity index (χ3n) is 1.42. The monoisotopic (exact) mass is 194 g/mol. The molecule has 0 radical (unpaired) electrons. The number of carbonyl (C=O) groups is 1. The Kier molecular flexibility index (Phi) is 3.04. The highest BCUT2D eigenvalue weighted by Gasteiger charge is 2.02. The number of carbonyl (C=O) groups excluding carboxylic acids is 1. The Hall–Kier alpha value is -2.07. The van der Waals surface area contributed by atoms with Gasteiger partial charge in [-0.2, -0.15) is 0 Å². The van der Waals surface area contributed by atoms with Crippen LogP contribution in [0.4, 0.5) is 15.8 Å². The van der Waals surface area contributed by atoms with Crippen LogP contribution in [0.5, 0.6) is 0 Å². The zero-order valence-electron chi connectivity index (χ0n) is 7.36. The van der Waals surface area contributed by atoms with Crippen molar-refractivity contribution >= 4 is 17.3 Å². The Morgan fingerprint density at radius 3 is 2.93 bits per heavy atom. The standard InChI is InChI=1S/C8H7FN4O/c1-5(14)11-6-2-3-7(9)8(4-6)12-13-10/h2-4H,1H3,(H,11,14). The van der Waals surface area contributed by atoms with Crippen LogP contribution in [0.3, 0.4) is 0 Å². The number of hydrogen-bond donors (Lipinski definition) is 1. The van der Waals surface area contributed by atoms with Gasteiger partial charge in [-0.1, -0.05) is 5.11 Å². The maximum Gasteiger partial charge on any atom is 0.221 e. The predicted molar refractivity (Wildman–Crippen MR) is 49.5 cm³/mol. The van der Waals surface area contributed by atoms with Crippen molar-refractivity contribution in [3.63, 3.8) is 0 Å². The summed E-state index contributed by atoms with van der Waals surface area (Å²) in [6.07, 6.45) is 0. The van der Waals surface area contributed by atoms with Gasteiger partial charge in [0.15, 0.2) is 0 Å². The Morgan fingerprint density at radius 2 is 2.36 bits per heavy atom. The van der Waals surface area contributed by atoms with Gasteiger partial charge in [0.2, 0.25) is 5.91 Å². The fourth-order valence-electron chi connectivity index (χ4n) is 0.919. The van der Waals surface area contributed by atoms with Crippen molar-refractivity contribution in [3.05, 3.63) is 34.5 Å². The molecule has 0 aliphatic heterocycles. The van der Waals surface area contributed by atoms with Gasteiger partial charge < -0.3 is 5.32 Å². The molecule has 1 N–H and O–H groups in total. The van der Waals surface area contributed by atoms with E-state index in [0.717, 1.165) is 6.07 Å². The average Bonchev–Trinajstić information content (AvgIpc) is 2.10. The lowest BCUT2D eigenvalue weighted by Crippen LogP contribution is -2.05. The molecule has 1 aromatic rings. The van der Waals surface area contributed by atoms with Crippen molar-refractivity contribution in [1.29, 1.82) is 0 Å². The second-order valence-electron chi connectivity index (χ2n) is 2.54. The summed E-state index contributed by atoms with van der Waals surface area (Å²) in [5.41, 5.74) is 8.37. The number of anilines is 1. The number of amides is 1. The molecule has 1 rings (SSSR count). The van der Waals surface area contributed by atoms with Crippen LogP contribution < -0.4 is 5.32 Å². The lowest BCUT2D eigenvalue weighted by atomic mass is 10.2. The van der Waals surface area contributed by atoms with Gasteiger partial charge in [0.05, 0.1) is 5.69 Å². The van der Waals surface area contributed by atoms with Crippen molar-refractivity contribution in [3.8, 4) is 0 Å². The van der Waals surface area contributed by atoms with Gasteiger partial charge in [-0.15, -0.1) is 0 Å². The van der Waals surface area contributed by atoms with E-state index in [0.29, 0.717) is 5.69 Å². The predicted octanol–water partition coefficient (Wildman–Crippen LogP) is 2.73. The molecule has 1 aromatic carbocycles. The molecule has 5 nitrogen and oxygen atoms in total.